The van der Waals surface area contributed by atoms with E-state index in [0.29, 0.717) is 0 Å². The highest BCUT2D eigenvalue weighted by molar-refractivity contribution is 7.80. The van der Waals surface area contributed by atoms with Gasteiger partial charge in [0.15, 0.2) is 5.11 Å². The summed E-state index contributed by atoms with van der Waals surface area (Å²) in [5.41, 5.74) is 12.7. The maximum Gasteiger partial charge on any atom is 0.168 e. The summed E-state index contributed by atoms with van der Waals surface area (Å²) >= 11 is 4.94. The Kier molecular flexibility index (Phi) is 3.86. The summed E-state index contributed by atoms with van der Waals surface area (Å²) in [6.45, 7) is 6.38. The van der Waals surface area contributed by atoms with Crippen LogP contribution in [0.15, 0.2) is 36.4 Å². The lowest BCUT2D eigenvalue weighted by Crippen LogP contribution is -2.19. The molecular weight excluding hydrogens is 252 g/mol. The number of hydrogen-bond acceptors (Lipinski definition) is 1. The number of rotatable bonds is 2. The van der Waals surface area contributed by atoms with Crippen LogP contribution >= 0.6 is 12.2 Å². The number of benzene rings is 2. The highest BCUT2D eigenvalue weighted by atomic mass is 32.1. The molecule has 0 spiro atoms. The molecule has 98 valence electrons. The minimum absolute atomic E-state index is 0.287. The van der Waals surface area contributed by atoms with Gasteiger partial charge < -0.3 is 11.1 Å². The van der Waals surface area contributed by atoms with E-state index in [4.69, 9.17) is 18.0 Å². The van der Waals surface area contributed by atoms with Crippen molar-refractivity contribution in [1.29, 1.82) is 0 Å². The van der Waals surface area contributed by atoms with E-state index in [1.807, 2.05) is 18.2 Å². The first-order chi connectivity index (χ1) is 8.99. The summed E-state index contributed by atoms with van der Waals surface area (Å²) < 4.78 is 0. The van der Waals surface area contributed by atoms with Crippen molar-refractivity contribution in [2.24, 2.45) is 5.73 Å². The number of aryl methyl sites for hydroxylation is 3. The Morgan fingerprint density at radius 3 is 2.21 bits per heavy atom. The average Bonchev–Trinajstić information content (AvgIpc) is 2.29. The van der Waals surface area contributed by atoms with Crippen LogP contribution in [0.1, 0.15) is 16.7 Å². The summed E-state index contributed by atoms with van der Waals surface area (Å²) in [4.78, 5) is 0. The molecule has 3 N–H and O–H groups in total. The fourth-order valence-corrected chi connectivity index (χ4v) is 2.66. The Balaban J connectivity index is 2.62. The highest BCUT2D eigenvalue weighted by Gasteiger charge is 2.10. The monoisotopic (exact) mass is 270 g/mol. The molecule has 0 fully saturated rings. The molecule has 0 aromatic heterocycles. The maximum absolute atomic E-state index is 5.59. The van der Waals surface area contributed by atoms with Crippen LogP contribution in [0.4, 0.5) is 5.69 Å². The molecule has 2 aromatic carbocycles. The molecular formula is C16H18N2S. The average molecular weight is 270 g/mol. The summed E-state index contributed by atoms with van der Waals surface area (Å²) in [6.07, 6.45) is 0. The van der Waals surface area contributed by atoms with Gasteiger partial charge in [0.2, 0.25) is 0 Å². The summed E-state index contributed by atoms with van der Waals surface area (Å²) in [5.74, 6) is 0. The largest absolute Gasteiger partial charge is 0.376 e. The Morgan fingerprint density at radius 1 is 1.05 bits per heavy atom. The molecule has 0 heterocycles. The Morgan fingerprint density at radius 2 is 1.63 bits per heavy atom. The Bertz CT molecular complexity index is 609. The first-order valence-electron chi connectivity index (χ1n) is 6.22. The van der Waals surface area contributed by atoms with Gasteiger partial charge in [-0.3, -0.25) is 0 Å². The van der Waals surface area contributed by atoms with Gasteiger partial charge in [0.05, 0.1) is 0 Å². The van der Waals surface area contributed by atoms with Crippen LogP contribution < -0.4 is 11.1 Å². The van der Waals surface area contributed by atoms with E-state index in [-0.39, 0.29) is 5.11 Å². The predicted molar refractivity (Wildman–Crippen MR) is 86.5 cm³/mol. The zero-order chi connectivity index (χ0) is 14.0. The van der Waals surface area contributed by atoms with E-state index in [9.17, 15) is 0 Å². The van der Waals surface area contributed by atoms with E-state index in [2.05, 4.69) is 44.3 Å². The van der Waals surface area contributed by atoms with Crippen molar-refractivity contribution in [1.82, 2.24) is 0 Å². The lowest BCUT2D eigenvalue weighted by atomic mass is 9.93. The van der Waals surface area contributed by atoms with Crippen molar-refractivity contribution in [2.45, 2.75) is 20.8 Å². The van der Waals surface area contributed by atoms with Gasteiger partial charge in [-0.15, -0.1) is 0 Å². The first kappa shape index (κ1) is 13.6. The molecule has 2 rings (SSSR count). The summed E-state index contributed by atoms with van der Waals surface area (Å²) in [6, 6.07) is 12.5. The zero-order valence-corrected chi connectivity index (χ0v) is 12.3. The van der Waals surface area contributed by atoms with Gasteiger partial charge in [0.25, 0.3) is 0 Å². The van der Waals surface area contributed by atoms with Crippen LogP contribution in [0.25, 0.3) is 11.1 Å². The normalized spacial score (nSPS) is 10.3. The molecule has 0 radical (unpaired) electrons. The molecule has 0 atom stereocenters. The molecule has 2 nitrogen and oxygen atoms in total. The van der Waals surface area contributed by atoms with Crippen LogP contribution in [0.2, 0.25) is 0 Å². The molecule has 0 amide bonds. The van der Waals surface area contributed by atoms with Crippen molar-refractivity contribution in [3.63, 3.8) is 0 Å². The molecule has 0 aliphatic carbocycles. The second-order valence-corrected chi connectivity index (χ2v) is 5.25. The number of nitrogens with one attached hydrogen (secondary N) is 1. The van der Waals surface area contributed by atoms with Crippen LogP contribution in [-0.4, -0.2) is 5.11 Å². The van der Waals surface area contributed by atoms with Gasteiger partial charge in [-0.05, 0) is 55.7 Å². The van der Waals surface area contributed by atoms with Gasteiger partial charge in [-0.2, -0.15) is 0 Å². The van der Waals surface area contributed by atoms with Crippen LogP contribution in [-0.2, 0) is 0 Å². The highest BCUT2D eigenvalue weighted by Crippen LogP contribution is 2.33. The lowest BCUT2D eigenvalue weighted by Gasteiger charge is -2.16. The van der Waals surface area contributed by atoms with Gasteiger partial charge >= 0.3 is 0 Å². The van der Waals surface area contributed by atoms with E-state index in [1.54, 1.807) is 0 Å². The molecule has 0 saturated carbocycles. The molecule has 0 aliphatic heterocycles. The number of hydrogen-bond donors (Lipinski definition) is 2. The molecule has 0 saturated heterocycles. The maximum atomic E-state index is 5.59. The number of anilines is 1. The van der Waals surface area contributed by atoms with Gasteiger partial charge in [-0.1, -0.05) is 35.9 Å². The molecule has 0 bridgehead atoms. The van der Waals surface area contributed by atoms with Crippen molar-refractivity contribution >= 4 is 23.0 Å². The van der Waals surface area contributed by atoms with Gasteiger partial charge in [0.1, 0.15) is 0 Å². The standard InChI is InChI=1S/C16H18N2S/c1-10-8-11(2)15(12(3)9-10)13-6-4-5-7-14(13)18-16(17)19/h4-9H,1-3H3,(H3,17,18,19). The van der Waals surface area contributed by atoms with E-state index in [1.165, 1.54) is 22.3 Å². The second-order valence-electron chi connectivity index (χ2n) is 4.81. The first-order valence-corrected chi connectivity index (χ1v) is 6.63. The second kappa shape index (κ2) is 5.41. The van der Waals surface area contributed by atoms with Crippen molar-refractivity contribution in [3.8, 4) is 11.1 Å². The summed E-state index contributed by atoms with van der Waals surface area (Å²) in [5, 5.41) is 3.34. The SMILES string of the molecule is Cc1cc(C)c(-c2ccccc2NC(N)=S)c(C)c1. The smallest absolute Gasteiger partial charge is 0.168 e. The molecule has 0 unspecified atom stereocenters. The third-order valence-electron chi connectivity index (χ3n) is 3.13. The molecule has 2 aromatic rings. The zero-order valence-electron chi connectivity index (χ0n) is 11.4. The summed E-state index contributed by atoms with van der Waals surface area (Å²) in [7, 11) is 0. The van der Waals surface area contributed by atoms with Crippen LogP contribution in [0, 0.1) is 20.8 Å². The van der Waals surface area contributed by atoms with E-state index in [0.717, 1.165) is 11.3 Å². The number of thiocarbonyl (C=S) groups is 1. The lowest BCUT2D eigenvalue weighted by molar-refractivity contribution is 1.32. The van der Waals surface area contributed by atoms with Crippen molar-refractivity contribution < 1.29 is 0 Å². The number of para-hydroxylation sites is 1. The van der Waals surface area contributed by atoms with Gasteiger partial charge in [0, 0.05) is 11.3 Å². The Hall–Kier alpha value is -1.87. The minimum atomic E-state index is 0.287. The molecule has 19 heavy (non-hydrogen) atoms. The van der Waals surface area contributed by atoms with Crippen LogP contribution in [0.3, 0.4) is 0 Å². The molecule has 3 heteroatoms. The third-order valence-corrected chi connectivity index (χ3v) is 3.23. The fraction of sp³-hybridized carbons (Fsp3) is 0.188. The Labute approximate surface area is 119 Å². The van der Waals surface area contributed by atoms with Crippen molar-refractivity contribution in [2.75, 3.05) is 5.32 Å². The third kappa shape index (κ3) is 2.93. The number of nitrogens with two attached hydrogens (primary N) is 1. The topological polar surface area (TPSA) is 38.0 Å². The van der Waals surface area contributed by atoms with E-state index >= 15 is 0 Å². The molecule has 0 aliphatic rings. The van der Waals surface area contributed by atoms with Crippen LogP contribution in [0.5, 0.6) is 0 Å². The quantitative estimate of drug-likeness (QED) is 0.812. The fourth-order valence-electron chi connectivity index (χ4n) is 2.55. The van der Waals surface area contributed by atoms with Crippen molar-refractivity contribution in [3.05, 3.63) is 53.1 Å². The minimum Gasteiger partial charge on any atom is -0.376 e. The van der Waals surface area contributed by atoms with Gasteiger partial charge in [-0.25, -0.2) is 0 Å². The predicted octanol–water partition coefficient (Wildman–Crippen LogP) is 3.93. The van der Waals surface area contributed by atoms with E-state index < -0.39 is 0 Å².